The van der Waals surface area contributed by atoms with Crippen LogP contribution in [0.3, 0.4) is 0 Å². The van der Waals surface area contributed by atoms with Crippen molar-refractivity contribution < 1.29 is 33.5 Å². The first-order valence-electron chi connectivity index (χ1n) is 7.54. The van der Waals surface area contributed by atoms with Crippen molar-refractivity contribution in [3.63, 3.8) is 0 Å². The molecule has 0 bridgehead atoms. The van der Waals surface area contributed by atoms with E-state index in [1.807, 2.05) is 0 Å². The smallest absolute Gasteiger partial charge is 0.437 e. The molecular weight excluding hydrogens is 362 g/mol. The molecule has 0 spiro atoms. The van der Waals surface area contributed by atoms with Gasteiger partial charge in [-0.15, -0.1) is 0 Å². The van der Waals surface area contributed by atoms with Crippen LogP contribution in [0.5, 0.6) is 0 Å². The number of hydrogen-bond acceptors (Lipinski definition) is 10. The summed E-state index contributed by atoms with van der Waals surface area (Å²) in [5.41, 5.74) is 0.346. The first kappa shape index (κ1) is 19.6. The summed E-state index contributed by atoms with van der Waals surface area (Å²) in [6, 6.07) is 5.68. The first-order valence-corrected chi connectivity index (χ1v) is 7.54. The van der Waals surface area contributed by atoms with Gasteiger partial charge in [-0.05, 0) is 19.9 Å². The highest BCUT2D eigenvalue weighted by Crippen LogP contribution is 2.37. The number of nitrogens with one attached hydrogen (secondary N) is 1. The number of carbonyl (C=O) groups excluding carboxylic acids is 2. The Bertz CT molecular complexity index is 806. The number of allylic oxidation sites excluding steroid dienone is 2. The summed E-state index contributed by atoms with van der Waals surface area (Å²) < 4.78 is 19.3. The number of hydrogen-bond donors (Lipinski definition) is 1. The monoisotopic (exact) mass is 379 g/mol. The molecule has 1 aromatic carbocycles. The zero-order valence-corrected chi connectivity index (χ0v) is 15.0. The Morgan fingerprint density at radius 1 is 1.00 bits per heavy atom. The van der Waals surface area contributed by atoms with Crippen molar-refractivity contribution in [2.75, 3.05) is 19.1 Å². The standard InChI is InChI=1S/C16H17N3O8/c1-9-13(26-15(20)24-3)18(11-7-5-6-8-12(11)19(22)23)14(10(2)17-9)27-16(21)25-4/h5-8,17H,1-4H3. The zero-order valence-electron chi connectivity index (χ0n) is 15.0. The Hall–Kier alpha value is -3.76. The number of rotatable bonds is 4. The molecule has 1 aliphatic rings. The lowest BCUT2D eigenvalue weighted by Crippen LogP contribution is -2.37. The Morgan fingerprint density at radius 3 is 1.93 bits per heavy atom. The average molecular weight is 379 g/mol. The van der Waals surface area contributed by atoms with Crippen molar-refractivity contribution in [1.29, 1.82) is 0 Å². The molecule has 2 rings (SSSR count). The molecule has 11 nitrogen and oxygen atoms in total. The van der Waals surface area contributed by atoms with E-state index in [2.05, 4.69) is 14.8 Å². The van der Waals surface area contributed by atoms with Gasteiger partial charge in [0, 0.05) is 6.07 Å². The molecule has 11 heteroatoms. The van der Waals surface area contributed by atoms with Crippen LogP contribution in [0.25, 0.3) is 0 Å². The Balaban J connectivity index is 2.67. The maximum atomic E-state index is 11.7. The second-order valence-electron chi connectivity index (χ2n) is 5.18. The van der Waals surface area contributed by atoms with Crippen LogP contribution < -0.4 is 10.2 Å². The fourth-order valence-corrected chi connectivity index (χ4v) is 2.33. The van der Waals surface area contributed by atoms with Gasteiger partial charge in [0.05, 0.1) is 30.5 Å². The van der Waals surface area contributed by atoms with Gasteiger partial charge in [-0.3, -0.25) is 10.1 Å². The molecule has 1 N–H and O–H groups in total. The number of carbonyl (C=O) groups is 2. The molecule has 1 aromatic rings. The van der Waals surface area contributed by atoms with Crippen LogP contribution in [0.4, 0.5) is 21.0 Å². The minimum absolute atomic E-state index is 0.000469. The van der Waals surface area contributed by atoms with Gasteiger partial charge < -0.3 is 24.3 Å². The van der Waals surface area contributed by atoms with Gasteiger partial charge in [-0.25, -0.2) is 14.5 Å². The summed E-state index contributed by atoms with van der Waals surface area (Å²) in [7, 11) is 2.22. The van der Waals surface area contributed by atoms with E-state index < -0.39 is 17.2 Å². The minimum Gasteiger partial charge on any atom is -0.437 e. The molecule has 0 saturated heterocycles. The predicted molar refractivity (Wildman–Crippen MR) is 91.1 cm³/mol. The van der Waals surface area contributed by atoms with Gasteiger partial charge >= 0.3 is 12.3 Å². The van der Waals surface area contributed by atoms with E-state index in [0.717, 1.165) is 19.1 Å². The Kier molecular flexibility index (Phi) is 5.85. The Morgan fingerprint density at radius 2 is 1.48 bits per heavy atom. The second-order valence-corrected chi connectivity index (χ2v) is 5.18. The van der Waals surface area contributed by atoms with Crippen LogP contribution in [-0.2, 0) is 18.9 Å². The van der Waals surface area contributed by atoms with Gasteiger partial charge in [0.1, 0.15) is 5.69 Å². The molecule has 0 saturated carbocycles. The third-order valence-corrected chi connectivity index (χ3v) is 3.44. The number of nitro groups is 1. The molecule has 27 heavy (non-hydrogen) atoms. The van der Waals surface area contributed by atoms with E-state index in [-0.39, 0.29) is 23.1 Å². The molecule has 0 unspecified atom stereocenters. The van der Waals surface area contributed by atoms with Crippen molar-refractivity contribution in [3.8, 4) is 0 Å². The van der Waals surface area contributed by atoms with Crippen LogP contribution in [0.15, 0.2) is 47.4 Å². The van der Waals surface area contributed by atoms with Crippen LogP contribution in [0, 0.1) is 10.1 Å². The van der Waals surface area contributed by atoms with Crippen LogP contribution in [-0.4, -0.2) is 31.5 Å². The fraction of sp³-hybridized carbons (Fsp3) is 0.250. The third-order valence-electron chi connectivity index (χ3n) is 3.44. The normalized spacial score (nSPS) is 13.7. The van der Waals surface area contributed by atoms with Crippen molar-refractivity contribution in [3.05, 3.63) is 57.5 Å². The molecule has 1 heterocycles. The van der Waals surface area contributed by atoms with Crippen molar-refractivity contribution in [1.82, 2.24) is 5.32 Å². The quantitative estimate of drug-likeness (QED) is 0.473. The average Bonchev–Trinajstić information content (AvgIpc) is 2.65. The maximum Gasteiger partial charge on any atom is 0.514 e. The minimum atomic E-state index is -1.06. The predicted octanol–water partition coefficient (Wildman–Crippen LogP) is 2.95. The number of anilines is 1. The van der Waals surface area contributed by atoms with E-state index in [0.29, 0.717) is 11.4 Å². The highest BCUT2D eigenvalue weighted by Gasteiger charge is 2.35. The van der Waals surface area contributed by atoms with Crippen molar-refractivity contribution >= 4 is 23.7 Å². The van der Waals surface area contributed by atoms with Gasteiger partial charge in [-0.1, -0.05) is 12.1 Å². The van der Waals surface area contributed by atoms with Gasteiger partial charge in [0.2, 0.25) is 11.8 Å². The topological polar surface area (TPSA) is 129 Å². The number of benzene rings is 1. The summed E-state index contributed by atoms with van der Waals surface area (Å²) >= 11 is 0. The number of methoxy groups -OCH3 is 2. The number of ether oxygens (including phenoxy) is 4. The molecule has 0 amide bonds. The summed E-state index contributed by atoms with van der Waals surface area (Å²) in [6.07, 6.45) is -2.13. The molecule has 0 fully saturated rings. The fourth-order valence-electron chi connectivity index (χ4n) is 2.33. The zero-order chi connectivity index (χ0) is 20.1. The van der Waals surface area contributed by atoms with Gasteiger partial charge in [-0.2, -0.15) is 0 Å². The Labute approximate surface area is 153 Å². The van der Waals surface area contributed by atoms with Crippen molar-refractivity contribution in [2.24, 2.45) is 0 Å². The summed E-state index contributed by atoms with van der Waals surface area (Å²) in [4.78, 5) is 35.3. The lowest BCUT2D eigenvalue weighted by molar-refractivity contribution is -0.384. The molecule has 144 valence electrons. The highest BCUT2D eigenvalue weighted by molar-refractivity contribution is 5.73. The van der Waals surface area contributed by atoms with Gasteiger partial charge in [0.15, 0.2) is 0 Å². The summed E-state index contributed by atoms with van der Waals surface area (Å²) in [5, 5.41) is 14.3. The second kappa shape index (κ2) is 8.08. The van der Waals surface area contributed by atoms with E-state index in [4.69, 9.17) is 9.47 Å². The van der Waals surface area contributed by atoms with E-state index >= 15 is 0 Å². The van der Waals surface area contributed by atoms with Crippen LogP contribution in [0.2, 0.25) is 0 Å². The van der Waals surface area contributed by atoms with Gasteiger partial charge in [0.25, 0.3) is 5.69 Å². The van der Waals surface area contributed by atoms with Crippen molar-refractivity contribution in [2.45, 2.75) is 13.8 Å². The number of nitro benzene ring substituents is 1. The van der Waals surface area contributed by atoms with Crippen LogP contribution >= 0.6 is 0 Å². The molecule has 0 radical (unpaired) electrons. The van der Waals surface area contributed by atoms with E-state index in [9.17, 15) is 19.7 Å². The third kappa shape index (κ3) is 4.08. The largest absolute Gasteiger partial charge is 0.514 e. The number of nitrogens with zero attached hydrogens (tertiary/aromatic N) is 2. The van der Waals surface area contributed by atoms with E-state index in [1.54, 1.807) is 19.9 Å². The molecule has 0 aromatic heterocycles. The molecule has 1 aliphatic heterocycles. The molecular formula is C16H17N3O8. The van der Waals surface area contributed by atoms with Crippen LogP contribution in [0.1, 0.15) is 13.8 Å². The highest BCUT2D eigenvalue weighted by atomic mass is 16.7. The lowest BCUT2D eigenvalue weighted by Gasteiger charge is -2.32. The summed E-state index contributed by atoms with van der Waals surface area (Å²) in [6.45, 7) is 3.14. The van der Waals surface area contributed by atoms with E-state index in [1.165, 1.54) is 18.2 Å². The molecule has 0 atom stereocenters. The maximum absolute atomic E-state index is 11.7. The number of para-hydroxylation sites is 2. The SMILES string of the molecule is COC(=O)OC1=C(C)NC(C)=C(OC(=O)OC)N1c1ccccc1[N+](=O)[O-]. The first-order chi connectivity index (χ1) is 12.8. The summed E-state index contributed by atoms with van der Waals surface area (Å²) in [5.74, 6) is -0.332. The molecule has 0 aliphatic carbocycles. The lowest BCUT2D eigenvalue weighted by atomic mass is 10.2.